The van der Waals surface area contributed by atoms with Gasteiger partial charge in [-0.1, -0.05) is 30.8 Å². The second-order valence-corrected chi connectivity index (χ2v) is 7.81. The van der Waals surface area contributed by atoms with Gasteiger partial charge in [-0.05, 0) is 30.7 Å². The molecule has 160 valence electrons. The highest BCUT2D eigenvalue weighted by molar-refractivity contribution is 7.99. The minimum Gasteiger partial charge on any atom is -0.497 e. The Hall–Kier alpha value is -3.33. The van der Waals surface area contributed by atoms with Gasteiger partial charge in [-0.25, -0.2) is 0 Å². The summed E-state index contributed by atoms with van der Waals surface area (Å²) in [7, 11) is 3.08. The number of thioether (sulfide) groups is 1. The molecule has 0 aliphatic carbocycles. The number of methoxy groups -OCH3 is 2. The Bertz CT molecular complexity index is 1330. The van der Waals surface area contributed by atoms with Crippen molar-refractivity contribution in [1.29, 1.82) is 0 Å². The molecule has 0 amide bonds. The SMILES string of the molecule is CCCn1c(=O)c2ccccc2n2c(SCC(=O)c3ccc(OC)cc3OC)nnc12. The quantitative estimate of drug-likeness (QED) is 0.308. The van der Waals surface area contributed by atoms with Gasteiger partial charge in [0.2, 0.25) is 5.78 Å². The number of aryl methyl sites for hydroxylation is 1. The molecule has 0 saturated carbocycles. The number of carbonyl (C=O) groups is 1. The minimum atomic E-state index is -0.104. The fourth-order valence-electron chi connectivity index (χ4n) is 3.49. The molecule has 0 aliphatic rings. The third-order valence-electron chi connectivity index (χ3n) is 4.97. The van der Waals surface area contributed by atoms with Crippen molar-refractivity contribution in [3.8, 4) is 11.5 Å². The van der Waals surface area contributed by atoms with Crippen molar-refractivity contribution >= 4 is 34.2 Å². The number of rotatable bonds is 8. The number of hydrogen-bond donors (Lipinski definition) is 0. The number of carbonyl (C=O) groups excluding carboxylic acids is 1. The van der Waals surface area contributed by atoms with Crippen LogP contribution in [0.2, 0.25) is 0 Å². The zero-order valence-electron chi connectivity index (χ0n) is 17.5. The maximum absolute atomic E-state index is 12.9. The van der Waals surface area contributed by atoms with E-state index in [4.69, 9.17) is 9.47 Å². The summed E-state index contributed by atoms with van der Waals surface area (Å²) in [4.78, 5) is 25.8. The van der Waals surface area contributed by atoms with Gasteiger partial charge in [0, 0.05) is 12.6 Å². The first kappa shape index (κ1) is 20.9. The van der Waals surface area contributed by atoms with Crippen LogP contribution in [-0.2, 0) is 6.54 Å². The number of nitrogens with zero attached hydrogens (tertiary/aromatic N) is 4. The van der Waals surface area contributed by atoms with Gasteiger partial charge in [-0.15, -0.1) is 10.2 Å². The topological polar surface area (TPSA) is 87.7 Å². The molecule has 0 bridgehead atoms. The summed E-state index contributed by atoms with van der Waals surface area (Å²) in [6.07, 6.45) is 0.791. The summed E-state index contributed by atoms with van der Waals surface area (Å²) < 4.78 is 14.0. The Morgan fingerprint density at radius 2 is 1.90 bits per heavy atom. The first-order valence-corrected chi connectivity index (χ1v) is 10.8. The normalized spacial score (nSPS) is 11.2. The molecule has 4 aromatic rings. The van der Waals surface area contributed by atoms with Gasteiger partial charge in [0.15, 0.2) is 10.9 Å². The predicted octanol–water partition coefficient (Wildman–Crippen LogP) is 3.45. The van der Waals surface area contributed by atoms with Crippen molar-refractivity contribution in [2.45, 2.75) is 25.0 Å². The van der Waals surface area contributed by atoms with Crippen molar-refractivity contribution in [3.63, 3.8) is 0 Å². The van der Waals surface area contributed by atoms with Crippen LogP contribution in [0.4, 0.5) is 0 Å². The summed E-state index contributed by atoms with van der Waals surface area (Å²) in [6, 6.07) is 12.5. The number of aromatic nitrogens is 4. The Labute approximate surface area is 182 Å². The van der Waals surface area contributed by atoms with Gasteiger partial charge in [0.05, 0.1) is 36.4 Å². The number of ether oxygens (including phenoxy) is 2. The molecule has 0 N–H and O–H groups in total. The molecule has 2 heterocycles. The number of Topliss-reactive ketones (excluding diaryl/α,β-unsaturated/α-hetero) is 1. The van der Waals surface area contributed by atoms with Crippen LogP contribution in [-0.4, -0.2) is 44.9 Å². The highest BCUT2D eigenvalue weighted by Gasteiger charge is 2.19. The number of benzene rings is 2. The summed E-state index contributed by atoms with van der Waals surface area (Å²) in [6.45, 7) is 2.54. The Kier molecular flexibility index (Phi) is 5.94. The van der Waals surface area contributed by atoms with Crippen LogP contribution in [0.3, 0.4) is 0 Å². The van der Waals surface area contributed by atoms with Gasteiger partial charge in [-0.2, -0.15) is 0 Å². The fraction of sp³-hybridized carbons (Fsp3) is 0.273. The summed E-state index contributed by atoms with van der Waals surface area (Å²) >= 11 is 1.27. The molecule has 31 heavy (non-hydrogen) atoms. The monoisotopic (exact) mass is 438 g/mol. The van der Waals surface area contributed by atoms with Crippen LogP contribution >= 0.6 is 11.8 Å². The third kappa shape index (κ3) is 3.76. The van der Waals surface area contributed by atoms with E-state index in [1.165, 1.54) is 18.9 Å². The standard InChI is InChI=1S/C22H22N4O4S/c1-4-11-25-20(28)15-7-5-6-8-17(15)26-21(25)23-24-22(26)31-13-18(27)16-10-9-14(29-2)12-19(16)30-3/h5-10,12H,4,11,13H2,1-3H3. The van der Waals surface area contributed by atoms with E-state index in [2.05, 4.69) is 10.2 Å². The maximum Gasteiger partial charge on any atom is 0.262 e. The lowest BCUT2D eigenvalue weighted by atomic mass is 10.1. The third-order valence-corrected chi connectivity index (χ3v) is 5.90. The molecular formula is C22H22N4O4S. The molecule has 8 nitrogen and oxygen atoms in total. The summed E-state index contributed by atoms with van der Waals surface area (Å²) in [5.74, 6) is 1.59. The van der Waals surface area contributed by atoms with Gasteiger partial charge < -0.3 is 9.47 Å². The molecule has 4 rings (SSSR count). The van der Waals surface area contributed by atoms with E-state index in [0.29, 0.717) is 39.9 Å². The van der Waals surface area contributed by atoms with Crippen molar-refractivity contribution in [2.75, 3.05) is 20.0 Å². The molecule has 9 heteroatoms. The van der Waals surface area contributed by atoms with Gasteiger partial charge in [-0.3, -0.25) is 18.6 Å². The Morgan fingerprint density at radius 1 is 1.10 bits per heavy atom. The molecule has 0 fully saturated rings. The number of ketones is 1. The number of fused-ring (bicyclic) bond motifs is 3. The lowest BCUT2D eigenvalue weighted by molar-refractivity contribution is 0.101. The summed E-state index contributed by atoms with van der Waals surface area (Å²) in [5.41, 5.74) is 1.10. The molecule has 2 aromatic carbocycles. The Balaban J connectivity index is 1.72. The van der Waals surface area contributed by atoms with E-state index in [1.54, 1.807) is 35.9 Å². The van der Waals surface area contributed by atoms with Gasteiger partial charge >= 0.3 is 0 Å². The van der Waals surface area contributed by atoms with E-state index in [1.807, 2.05) is 29.5 Å². The lowest BCUT2D eigenvalue weighted by Crippen LogP contribution is -2.23. The molecule has 0 radical (unpaired) electrons. The number of para-hydroxylation sites is 1. The maximum atomic E-state index is 12.9. The molecule has 0 unspecified atom stereocenters. The van der Waals surface area contributed by atoms with E-state index in [9.17, 15) is 9.59 Å². The van der Waals surface area contributed by atoms with Crippen molar-refractivity contribution in [3.05, 3.63) is 58.4 Å². The average Bonchev–Trinajstić information content (AvgIpc) is 3.23. The molecular weight excluding hydrogens is 416 g/mol. The van der Waals surface area contributed by atoms with E-state index >= 15 is 0 Å². The van der Waals surface area contributed by atoms with Crippen LogP contribution < -0.4 is 15.0 Å². The first-order valence-electron chi connectivity index (χ1n) is 9.83. The van der Waals surface area contributed by atoms with Crippen molar-refractivity contribution < 1.29 is 14.3 Å². The largest absolute Gasteiger partial charge is 0.497 e. The van der Waals surface area contributed by atoms with E-state index in [0.717, 1.165) is 11.9 Å². The van der Waals surface area contributed by atoms with Crippen LogP contribution in [0.25, 0.3) is 16.7 Å². The Morgan fingerprint density at radius 3 is 2.65 bits per heavy atom. The molecule has 2 aromatic heterocycles. The highest BCUT2D eigenvalue weighted by Crippen LogP contribution is 2.28. The van der Waals surface area contributed by atoms with Crippen molar-refractivity contribution in [2.24, 2.45) is 0 Å². The molecule has 0 saturated heterocycles. The van der Waals surface area contributed by atoms with Gasteiger partial charge in [0.25, 0.3) is 5.56 Å². The predicted molar refractivity (Wildman–Crippen MR) is 120 cm³/mol. The van der Waals surface area contributed by atoms with E-state index in [-0.39, 0.29) is 17.1 Å². The smallest absolute Gasteiger partial charge is 0.262 e. The second kappa shape index (κ2) is 8.81. The average molecular weight is 439 g/mol. The minimum absolute atomic E-state index is 0.0899. The van der Waals surface area contributed by atoms with Crippen LogP contribution in [0.1, 0.15) is 23.7 Å². The first-order chi connectivity index (χ1) is 15.1. The summed E-state index contributed by atoms with van der Waals surface area (Å²) in [5, 5.41) is 9.68. The zero-order valence-corrected chi connectivity index (χ0v) is 18.3. The molecule has 0 atom stereocenters. The van der Waals surface area contributed by atoms with Crippen LogP contribution in [0.15, 0.2) is 52.4 Å². The zero-order chi connectivity index (χ0) is 22.0. The van der Waals surface area contributed by atoms with Gasteiger partial charge in [0.1, 0.15) is 11.5 Å². The highest BCUT2D eigenvalue weighted by atomic mass is 32.2. The van der Waals surface area contributed by atoms with E-state index < -0.39 is 0 Å². The van der Waals surface area contributed by atoms with Crippen molar-refractivity contribution in [1.82, 2.24) is 19.2 Å². The second-order valence-electron chi connectivity index (χ2n) is 6.87. The van der Waals surface area contributed by atoms with Crippen LogP contribution in [0.5, 0.6) is 11.5 Å². The van der Waals surface area contributed by atoms with Crippen LogP contribution in [0, 0.1) is 0 Å². The fourth-order valence-corrected chi connectivity index (χ4v) is 4.31. The lowest BCUT2D eigenvalue weighted by Gasteiger charge is -2.11. The number of hydrogen-bond acceptors (Lipinski definition) is 7. The molecule has 0 aliphatic heterocycles. The molecule has 0 spiro atoms.